The molecule has 0 bridgehead atoms. The SMILES string of the molecule is CO[Si](CCCN(C)CCCN)(OC)OC. The van der Waals surface area contributed by atoms with E-state index < -0.39 is 8.80 Å². The van der Waals surface area contributed by atoms with Crippen molar-refractivity contribution < 1.29 is 13.3 Å². The number of hydrogen-bond donors (Lipinski definition) is 1. The highest BCUT2D eigenvalue weighted by molar-refractivity contribution is 6.60. The first-order valence-electron chi connectivity index (χ1n) is 5.68. The molecule has 0 aromatic heterocycles. The lowest BCUT2D eigenvalue weighted by molar-refractivity contribution is 0.122. The van der Waals surface area contributed by atoms with Gasteiger partial charge in [0.05, 0.1) is 0 Å². The molecule has 0 radical (unpaired) electrons. The average molecular weight is 250 g/mol. The van der Waals surface area contributed by atoms with Crippen LogP contribution >= 0.6 is 0 Å². The topological polar surface area (TPSA) is 57.0 Å². The van der Waals surface area contributed by atoms with Crippen molar-refractivity contribution in [3.8, 4) is 0 Å². The molecule has 0 amide bonds. The summed E-state index contributed by atoms with van der Waals surface area (Å²) >= 11 is 0. The van der Waals surface area contributed by atoms with Crippen LogP contribution in [0.2, 0.25) is 6.04 Å². The Morgan fingerprint density at radius 1 is 1.00 bits per heavy atom. The van der Waals surface area contributed by atoms with Crippen molar-refractivity contribution in [1.82, 2.24) is 4.90 Å². The standard InChI is InChI=1S/C10H26N2O3Si/c1-12(8-5-7-11)9-6-10-16(13-2,14-3)15-4/h5-11H2,1-4H3. The van der Waals surface area contributed by atoms with Gasteiger partial charge in [0.2, 0.25) is 0 Å². The van der Waals surface area contributed by atoms with Crippen LogP contribution in [0.25, 0.3) is 0 Å². The second-order valence-electron chi connectivity index (χ2n) is 3.84. The summed E-state index contributed by atoms with van der Waals surface area (Å²) in [6.07, 6.45) is 2.06. The minimum Gasteiger partial charge on any atom is -0.377 e. The Morgan fingerprint density at radius 3 is 1.94 bits per heavy atom. The second kappa shape index (κ2) is 9.09. The fourth-order valence-corrected chi connectivity index (χ4v) is 3.30. The molecule has 0 aromatic rings. The first-order chi connectivity index (χ1) is 7.64. The van der Waals surface area contributed by atoms with Gasteiger partial charge in [-0.15, -0.1) is 0 Å². The number of rotatable bonds is 10. The van der Waals surface area contributed by atoms with E-state index in [0.717, 1.165) is 38.5 Å². The largest absolute Gasteiger partial charge is 0.500 e. The molecule has 0 atom stereocenters. The Morgan fingerprint density at radius 2 is 1.50 bits per heavy atom. The van der Waals surface area contributed by atoms with Gasteiger partial charge >= 0.3 is 8.80 Å². The Bertz CT molecular complexity index is 160. The van der Waals surface area contributed by atoms with Gasteiger partial charge in [-0.1, -0.05) is 0 Å². The van der Waals surface area contributed by atoms with Gasteiger partial charge < -0.3 is 23.9 Å². The van der Waals surface area contributed by atoms with Crippen molar-refractivity contribution in [3.05, 3.63) is 0 Å². The van der Waals surface area contributed by atoms with Gasteiger partial charge in [0.1, 0.15) is 0 Å². The summed E-state index contributed by atoms with van der Waals surface area (Å²) in [6.45, 7) is 2.81. The molecular weight excluding hydrogens is 224 g/mol. The van der Waals surface area contributed by atoms with Crippen LogP contribution in [0.3, 0.4) is 0 Å². The van der Waals surface area contributed by atoms with Gasteiger partial charge in [-0.3, -0.25) is 0 Å². The van der Waals surface area contributed by atoms with Crippen LogP contribution in [-0.4, -0.2) is 61.7 Å². The van der Waals surface area contributed by atoms with Crippen molar-refractivity contribution in [2.45, 2.75) is 18.9 Å². The Hall–Kier alpha value is 0.0169. The third kappa shape index (κ3) is 5.93. The molecule has 98 valence electrons. The minimum absolute atomic E-state index is 0.747. The summed E-state index contributed by atoms with van der Waals surface area (Å²) in [5.74, 6) is 0. The van der Waals surface area contributed by atoms with Gasteiger partial charge in [-0.25, -0.2) is 0 Å². The average Bonchev–Trinajstić information content (AvgIpc) is 2.33. The lowest BCUT2D eigenvalue weighted by Gasteiger charge is -2.25. The molecule has 0 saturated heterocycles. The van der Waals surface area contributed by atoms with E-state index in [-0.39, 0.29) is 0 Å². The smallest absolute Gasteiger partial charge is 0.377 e. The van der Waals surface area contributed by atoms with Crippen LogP contribution in [0.1, 0.15) is 12.8 Å². The monoisotopic (exact) mass is 250 g/mol. The van der Waals surface area contributed by atoms with Crippen LogP contribution in [0.15, 0.2) is 0 Å². The Balaban J connectivity index is 3.77. The molecular formula is C10H26N2O3Si. The van der Waals surface area contributed by atoms with Crippen LogP contribution in [0.5, 0.6) is 0 Å². The molecule has 6 heteroatoms. The second-order valence-corrected chi connectivity index (χ2v) is 6.94. The number of nitrogens with two attached hydrogens (primary N) is 1. The molecule has 0 fully saturated rings. The lowest BCUT2D eigenvalue weighted by Crippen LogP contribution is -2.43. The van der Waals surface area contributed by atoms with Gasteiger partial charge in [-0.2, -0.15) is 0 Å². The van der Waals surface area contributed by atoms with Gasteiger partial charge in [0, 0.05) is 27.4 Å². The summed E-state index contributed by atoms with van der Waals surface area (Å²) in [5, 5.41) is 0. The fraction of sp³-hybridized carbons (Fsp3) is 1.00. The van der Waals surface area contributed by atoms with Crippen LogP contribution < -0.4 is 5.73 Å². The van der Waals surface area contributed by atoms with Gasteiger partial charge in [0.15, 0.2) is 0 Å². The third-order valence-electron chi connectivity index (χ3n) is 2.70. The summed E-state index contributed by atoms with van der Waals surface area (Å²) in [4.78, 5) is 2.27. The normalized spacial score (nSPS) is 12.4. The molecule has 0 aromatic carbocycles. The Kier molecular flexibility index (Phi) is 9.10. The van der Waals surface area contributed by atoms with E-state index in [4.69, 9.17) is 19.0 Å². The van der Waals surface area contributed by atoms with Crippen molar-refractivity contribution in [1.29, 1.82) is 0 Å². The first kappa shape index (κ1) is 16.0. The maximum absolute atomic E-state index is 5.46. The van der Waals surface area contributed by atoms with E-state index in [1.807, 2.05) is 0 Å². The molecule has 16 heavy (non-hydrogen) atoms. The summed E-state index contributed by atoms with van der Waals surface area (Å²) < 4.78 is 16.1. The van der Waals surface area contributed by atoms with Crippen LogP contribution in [0, 0.1) is 0 Å². The molecule has 2 N–H and O–H groups in total. The zero-order chi connectivity index (χ0) is 12.4. The lowest BCUT2D eigenvalue weighted by atomic mass is 10.3. The molecule has 5 nitrogen and oxygen atoms in total. The third-order valence-corrected chi connectivity index (χ3v) is 5.53. The van der Waals surface area contributed by atoms with Gasteiger partial charge in [0.25, 0.3) is 0 Å². The zero-order valence-corrected chi connectivity index (χ0v) is 12.0. The van der Waals surface area contributed by atoms with Crippen molar-refractivity contribution in [3.63, 3.8) is 0 Å². The summed E-state index contributed by atoms with van der Waals surface area (Å²) in [6, 6.07) is 0.851. The molecule has 0 aliphatic rings. The molecule has 0 aliphatic carbocycles. The summed E-state index contributed by atoms with van der Waals surface area (Å²) in [5.41, 5.74) is 5.46. The van der Waals surface area contributed by atoms with E-state index >= 15 is 0 Å². The van der Waals surface area contributed by atoms with E-state index in [2.05, 4.69) is 11.9 Å². The van der Waals surface area contributed by atoms with Crippen molar-refractivity contribution >= 4 is 8.80 Å². The van der Waals surface area contributed by atoms with Crippen molar-refractivity contribution in [2.24, 2.45) is 5.73 Å². The predicted octanol–water partition coefficient (Wildman–Crippen LogP) is 0.535. The highest BCUT2D eigenvalue weighted by Gasteiger charge is 2.36. The fourth-order valence-electron chi connectivity index (χ4n) is 1.59. The molecule has 0 saturated carbocycles. The molecule has 0 rings (SSSR count). The molecule has 0 heterocycles. The number of nitrogens with zero attached hydrogens (tertiary/aromatic N) is 1. The molecule has 0 spiro atoms. The van der Waals surface area contributed by atoms with Crippen LogP contribution in [0.4, 0.5) is 0 Å². The highest BCUT2D eigenvalue weighted by atomic mass is 28.4. The van der Waals surface area contributed by atoms with E-state index in [9.17, 15) is 0 Å². The highest BCUT2D eigenvalue weighted by Crippen LogP contribution is 2.14. The van der Waals surface area contributed by atoms with E-state index in [0.29, 0.717) is 0 Å². The van der Waals surface area contributed by atoms with Crippen molar-refractivity contribution in [2.75, 3.05) is 48.0 Å². The minimum atomic E-state index is -2.37. The van der Waals surface area contributed by atoms with Gasteiger partial charge in [-0.05, 0) is 39.5 Å². The summed E-state index contributed by atoms with van der Waals surface area (Å²) in [7, 11) is 4.69. The van der Waals surface area contributed by atoms with E-state index in [1.165, 1.54) is 0 Å². The zero-order valence-electron chi connectivity index (χ0n) is 11.0. The number of hydrogen-bond acceptors (Lipinski definition) is 5. The van der Waals surface area contributed by atoms with Crippen LogP contribution in [-0.2, 0) is 13.3 Å². The quantitative estimate of drug-likeness (QED) is 0.573. The van der Waals surface area contributed by atoms with E-state index in [1.54, 1.807) is 21.3 Å². The predicted molar refractivity (Wildman–Crippen MR) is 67.4 cm³/mol. The molecule has 0 aliphatic heterocycles. The first-order valence-corrected chi connectivity index (χ1v) is 7.61. The maximum atomic E-state index is 5.46. The Labute approximate surface area is 100 Å². The maximum Gasteiger partial charge on any atom is 0.500 e. The molecule has 0 unspecified atom stereocenters.